The predicted molar refractivity (Wildman–Crippen MR) is 103 cm³/mol. The third-order valence-corrected chi connectivity index (χ3v) is 3.73. The van der Waals surface area contributed by atoms with Gasteiger partial charge in [0.05, 0.1) is 16.5 Å². The fourth-order valence-electron chi connectivity index (χ4n) is 2.02. The molecule has 0 aliphatic carbocycles. The second kappa shape index (κ2) is 10.2. The van der Waals surface area contributed by atoms with Crippen molar-refractivity contribution < 1.29 is 38.5 Å². The molecule has 0 unspecified atom stereocenters. The molecular weight excluding hydrogens is 380 g/mol. The Kier molecular flexibility index (Phi) is 8.32. The van der Waals surface area contributed by atoms with Crippen LogP contribution in [0.1, 0.15) is 41.5 Å². The number of aromatic carboxylic acids is 1. The molecule has 8 nitrogen and oxygen atoms in total. The van der Waals surface area contributed by atoms with Crippen LogP contribution in [0.25, 0.3) is 0 Å². The van der Waals surface area contributed by atoms with Crippen molar-refractivity contribution in [1.29, 1.82) is 0 Å². The fraction of sp³-hybridized carbons (Fsp3) is 0.333. The third kappa shape index (κ3) is 7.25. The van der Waals surface area contributed by atoms with Gasteiger partial charge in [-0.3, -0.25) is 0 Å². The zero-order valence-electron chi connectivity index (χ0n) is 16.6. The largest absolute Gasteiger partial charge is 0.478 e. The van der Waals surface area contributed by atoms with Gasteiger partial charge < -0.3 is 19.3 Å². The molecule has 0 aliphatic heterocycles. The first-order chi connectivity index (χ1) is 13.5. The van der Waals surface area contributed by atoms with E-state index in [4.69, 9.17) is 14.2 Å². The van der Waals surface area contributed by atoms with E-state index in [1.807, 2.05) is 0 Å². The third-order valence-electron chi connectivity index (χ3n) is 3.73. The number of benzene rings is 1. The van der Waals surface area contributed by atoms with E-state index in [1.54, 1.807) is 6.92 Å². The highest BCUT2D eigenvalue weighted by Crippen LogP contribution is 2.21. The minimum Gasteiger partial charge on any atom is -0.478 e. The van der Waals surface area contributed by atoms with E-state index >= 15 is 0 Å². The maximum Gasteiger partial charge on any atom is 0.339 e. The van der Waals surface area contributed by atoms with E-state index in [-0.39, 0.29) is 42.1 Å². The Bertz CT molecular complexity index is 807. The lowest BCUT2D eigenvalue weighted by Gasteiger charge is -2.28. The lowest BCUT2D eigenvalue weighted by Crippen LogP contribution is -2.37. The summed E-state index contributed by atoms with van der Waals surface area (Å²) in [5, 5.41) is 9.20. The summed E-state index contributed by atoms with van der Waals surface area (Å²) in [6, 6.07) is 5.59. The molecule has 156 valence electrons. The standard InChI is InChI=1S/C21H24O8/c1-13(2)18(24)27-10-21(5,11-28-19(25)14(3)4)12-29-20(26)16-9-7-6-8-15(16)17(22)23/h6-9H,1,3,10-12H2,2,4-5H3,(H,22,23). The molecule has 0 saturated heterocycles. The lowest BCUT2D eigenvalue weighted by molar-refractivity contribution is -0.150. The molecule has 0 atom stereocenters. The molecule has 29 heavy (non-hydrogen) atoms. The Morgan fingerprint density at radius 2 is 1.28 bits per heavy atom. The van der Waals surface area contributed by atoms with Crippen molar-refractivity contribution in [2.24, 2.45) is 5.41 Å². The lowest BCUT2D eigenvalue weighted by atomic mass is 9.94. The minimum atomic E-state index is -1.27. The van der Waals surface area contributed by atoms with Crippen LogP contribution in [0.15, 0.2) is 48.6 Å². The molecule has 8 heteroatoms. The molecule has 0 aliphatic rings. The number of hydrogen-bond donors (Lipinski definition) is 1. The number of esters is 3. The van der Waals surface area contributed by atoms with Gasteiger partial charge in [0.15, 0.2) is 0 Å². The minimum absolute atomic E-state index is 0.125. The number of carboxylic acid groups (broad SMARTS) is 1. The van der Waals surface area contributed by atoms with Crippen molar-refractivity contribution in [1.82, 2.24) is 0 Å². The highest BCUT2D eigenvalue weighted by molar-refractivity contribution is 6.02. The molecule has 0 bridgehead atoms. The molecule has 1 aromatic rings. The summed E-state index contributed by atoms with van der Waals surface area (Å²) in [5.74, 6) is -3.44. The van der Waals surface area contributed by atoms with Gasteiger partial charge in [-0.15, -0.1) is 0 Å². The molecule has 0 spiro atoms. The van der Waals surface area contributed by atoms with Crippen LogP contribution in [0, 0.1) is 5.41 Å². The number of carbonyl (C=O) groups excluding carboxylic acids is 3. The van der Waals surface area contributed by atoms with Crippen molar-refractivity contribution in [2.45, 2.75) is 20.8 Å². The highest BCUT2D eigenvalue weighted by atomic mass is 16.6. The second-order valence-corrected chi connectivity index (χ2v) is 6.95. The average Bonchev–Trinajstić information content (AvgIpc) is 2.68. The van der Waals surface area contributed by atoms with Crippen LogP contribution in [0.4, 0.5) is 0 Å². The van der Waals surface area contributed by atoms with Crippen LogP contribution in [0.3, 0.4) is 0 Å². The quantitative estimate of drug-likeness (QED) is 0.359. The van der Waals surface area contributed by atoms with Gasteiger partial charge in [-0.2, -0.15) is 0 Å². The normalized spacial score (nSPS) is 10.6. The van der Waals surface area contributed by atoms with Gasteiger partial charge in [-0.25, -0.2) is 19.2 Å². The summed E-state index contributed by atoms with van der Waals surface area (Å²) in [5.41, 5.74) is -1.05. The molecule has 0 aromatic heterocycles. The van der Waals surface area contributed by atoms with E-state index < -0.39 is 29.3 Å². The van der Waals surface area contributed by atoms with Gasteiger partial charge in [0.25, 0.3) is 0 Å². The summed E-state index contributed by atoms with van der Waals surface area (Å²) in [7, 11) is 0. The summed E-state index contributed by atoms with van der Waals surface area (Å²) < 4.78 is 15.5. The Labute approximate surface area is 168 Å². The van der Waals surface area contributed by atoms with Gasteiger partial charge in [-0.1, -0.05) is 25.3 Å². The molecule has 1 aromatic carbocycles. The number of carboxylic acids is 1. The monoisotopic (exact) mass is 404 g/mol. The summed E-state index contributed by atoms with van der Waals surface area (Å²) in [4.78, 5) is 47.0. The molecule has 1 N–H and O–H groups in total. The van der Waals surface area contributed by atoms with E-state index in [0.29, 0.717) is 0 Å². The van der Waals surface area contributed by atoms with Crippen molar-refractivity contribution in [3.8, 4) is 0 Å². The van der Waals surface area contributed by atoms with Crippen molar-refractivity contribution >= 4 is 23.9 Å². The molecule has 0 heterocycles. The molecule has 1 rings (SSSR count). The number of rotatable bonds is 10. The summed E-state index contributed by atoms with van der Waals surface area (Å²) in [6.07, 6.45) is 0. The number of ether oxygens (including phenoxy) is 3. The zero-order chi connectivity index (χ0) is 22.2. The Morgan fingerprint density at radius 1 is 0.862 bits per heavy atom. The SMILES string of the molecule is C=C(C)C(=O)OCC(C)(COC(=O)C(=C)C)COC(=O)c1ccccc1C(=O)O. The average molecular weight is 404 g/mol. The van der Waals surface area contributed by atoms with Gasteiger partial charge in [0.2, 0.25) is 0 Å². The van der Waals surface area contributed by atoms with Crippen LogP contribution < -0.4 is 0 Å². The maximum atomic E-state index is 12.4. The molecule has 0 radical (unpaired) electrons. The zero-order valence-corrected chi connectivity index (χ0v) is 16.6. The van der Waals surface area contributed by atoms with E-state index in [0.717, 1.165) is 0 Å². The summed E-state index contributed by atoms with van der Waals surface area (Å²) in [6.45, 7) is 10.7. The Balaban J connectivity index is 2.92. The second-order valence-electron chi connectivity index (χ2n) is 6.95. The smallest absolute Gasteiger partial charge is 0.339 e. The first kappa shape index (κ1) is 23.6. The Morgan fingerprint density at radius 3 is 1.69 bits per heavy atom. The highest BCUT2D eigenvalue weighted by Gasteiger charge is 2.31. The Hall–Kier alpha value is -3.42. The predicted octanol–water partition coefficient (Wildman–Crippen LogP) is 2.79. The first-order valence-electron chi connectivity index (χ1n) is 8.61. The number of hydrogen-bond acceptors (Lipinski definition) is 7. The van der Waals surface area contributed by atoms with Crippen LogP contribution in [-0.4, -0.2) is 48.8 Å². The first-order valence-corrected chi connectivity index (χ1v) is 8.61. The molecule has 0 saturated carbocycles. The van der Waals surface area contributed by atoms with Crippen LogP contribution in [0.2, 0.25) is 0 Å². The van der Waals surface area contributed by atoms with Crippen molar-refractivity contribution in [3.05, 3.63) is 59.7 Å². The molecular formula is C21H24O8. The van der Waals surface area contributed by atoms with Crippen LogP contribution in [0.5, 0.6) is 0 Å². The fourth-order valence-corrected chi connectivity index (χ4v) is 2.02. The van der Waals surface area contributed by atoms with E-state index in [1.165, 1.54) is 38.1 Å². The van der Waals surface area contributed by atoms with Crippen LogP contribution in [-0.2, 0) is 23.8 Å². The number of carbonyl (C=O) groups is 4. The van der Waals surface area contributed by atoms with E-state index in [9.17, 15) is 24.3 Å². The van der Waals surface area contributed by atoms with E-state index in [2.05, 4.69) is 13.2 Å². The van der Waals surface area contributed by atoms with Crippen molar-refractivity contribution in [3.63, 3.8) is 0 Å². The van der Waals surface area contributed by atoms with Gasteiger partial charge in [0, 0.05) is 11.1 Å². The topological polar surface area (TPSA) is 116 Å². The van der Waals surface area contributed by atoms with Gasteiger partial charge in [-0.05, 0) is 32.9 Å². The molecule has 0 fully saturated rings. The van der Waals surface area contributed by atoms with Crippen LogP contribution >= 0.6 is 0 Å². The molecule has 0 amide bonds. The summed E-state index contributed by atoms with van der Waals surface area (Å²) >= 11 is 0. The maximum absolute atomic E-state index is 12.4. The van der Waals surface area contributed by atoms with Crippen molar-refractivity contribution in [2.75, 3.05) is 19.8 Å². The van der Waals surface area contributed by atoms with Gasteiger partial charge >= 0.3 is 23.9 Å². The van der Waals surface area contributed by atoms with Gasteiger partial charge in [0.1, 0.15) is 19.8 Å².